The molecule has 0 aromatic heterocycles. The monoisotopic (exact) mass is 146 g/mol. The van der Waals surface area contributed by atoms with Crippen LogP contribution in [0, 0.1) is 0 Å². The first-order valence-corrected chi connectivity index (χ1v) is 2.46. The molecular formula is CH10N2O4S. The summed E-state index contributed by atoms with van der Waals surface area (Å²) in [5, 5.41) is 0. The molecule has 54 valence electrons. The number of rotatable bonds is 1. The largest absolute Gasteiger partial charge is 0.397 e. The van der Waals surface area contributed by atoms with E-state index in [0.717, 1.165) is 7.11 Å². The highest BCUT2D eigenvalue weighted by atomic mass is 32.3. The Labute approximate surface area is 48.0 Å². The molecule has 0 fully saturated rings. The molecule has 0 radical (unpaired) electrons. The van der Waals surface area contributed by atoms with Gasteiger partial charge in [-0.05, 0) is 0 Å². The van der Waals surface area contributed by atoms with Gasteiger partial charge in [0.15, 0.2) is 0 Å². The zero-order chi connectivity index (χ0) is 5.21. The molecule has 0 spiro atoms. The Morgan fingerprint density at radius 1 is 1.38 bits per heavy atom. The third-order valence-electron chi connectivity index (χ3n) is 0.211. The van der Waals surface area contributed by atoms with Gasteiger partial charge < -0.3 is 12.3 Å². The van der Waals surface area contributed by atoms with Crippen molar-refractivity contribution in [1.82, 2.24) is 12.3 Å². The molecular weight excluding hydrogens is 136 g/mol. The second kappa shape index (κ2) is 4.94. The molecule has 0 aliphatic rings. The van der Waals surface area contributed by atoms with Crippen LogP contribution in [0.2, 0.25) is 0 Å². The van der Waals surface area contributed by atoms with Crippen molar-refractivity contribution in [3.63, 3.8) is 0 Å². The Bertz CT molecular complexity index is 116. The maximum Gasteiger partial charge on any atom is 0.397 e. The van der Waals surface area contributed by atoms with Crippen LogP contribution in [0.15, 0.2) is 0 Å². The maximum absolute atomic E-state index is 9.33. The first-order valence-electron chi connectivity index (χ1n) is 1.09. The normalized spacial score (nSPS) is 8.75. The van der Waals surface area contributed by atoms with Crippen LogP contribution in [0.4, 0.5) is 0 Å². The standard InChI is InChI=1S/CH4O4S.2H3N/c1-5-6(2,3)4;;/h1H3,(H,2,3,4);2*1H3. The van der Waals surface area contributed by atoms with E-state index in [1.165, 1.54) is 0 Å². The Kier molecular flexibility index (Phi) is 9.66. The lowest BCUT2D eigenvalue weighted by Gasteiger charge is -1.82. The molecule has 0 rings (SSSR count). The Morgan fingerprint density at radius 3 is 1.50 bits per heavy atom. The summed E-state index contributed by atoms with van der Waals surface area (Å²) in [5.41, 5.74) is 0. The molecule has 7 heteroatoms. The maximum atomic E-state index is 9.33. The molecule has 0 aliphatic heterocycles. The summed E-state index contributed by atoms with van der Waals surface area (Å²) < 4.78 is 29.7. The minimum absolute atomic E-state index is 0. The minimum atomic E-state index is -4.16. The van der Waals surface area contributed by atoms with Gasteiger partial charge >= 0.3 is 10.4 Å². The van der Waals surface area contributed by atoms with Crippen molar-refractivity contribution < 1.29 is 17.2 Å². The summed E-state index contributed by atoms with van der Waals surface area (Å²) in [5.74, 6) is 0. The van der Waals surface area contributed by atoms with Gasteiger partial charge in [0.25, 0.3) is 0 Å². The van der Waals surface area contributed by atoms with Crippen molar-refractivity contribution in [3.8, 4) is 0 Å². The average molecular weight is 146 g/mol. The highest BCUT2D eigenvalue weighted by Crippen LogP contribution is 1.74. The van der Waals surface area contributed by atoms with Gasteiger partial charge in [0.1, 0.15) is 0 Å². The smallest absolute Gasteiger partial charge is 0.344 e. The van der Waals surface area contributed by atoms with E-state index >= 15 is 0 Å². The van der Waals surface area contributed by atoms with Crippen LogP contribution < -0.4 is 12.3 Å². The third kappa shape index (κ3) is 17.1. The molecule has 0 amide bonds. The summed E-state index contributed by atoms with van der Waals surface area (Å²) in [4.78, 5) is 0. The molecule has 0 heterocycles. The van der Waals surface area contributed by atoms with E-state index in [-0.39, 0.29) is 12.3 Å². The second-order valence-corrected chi connectivity index (χ2v) is 1.78. The molecule has 7 N–H and O–H groups in total. The van der Waals surface area contributed by atoms with Crippen LogP contribution >= 0.6 is 0 Å². The van der Waals surface area contributed by atoms with Gasteiger partial charge in [0.05, 0.1) is 7.11 Å². The number of hydrogen-bond donors (Lipinski definition) is 3. The molecule has 0 saturated heterocycles. The molecule has 6 nitrogen and oxygen atoms in total. The van der Waals surface area contributed by atoms with Crippen molar-refractivity contribution in [3.05, 3.63) is 0 Å². The molecule has 0 atom stereocenters. The van der Waals surface area contributed by atoms with E-state index in [1.807, 2.05) is 0 Å². The van der Waals surface area contributed by atoms with E-state index in [1.54, 1.807) is 0 Å². The van der Waals surface area contributed by atoms with Crippen LogP contribution in [0.25, 0.3) is 0 Å². The minimum Gasteiger partial charge on any atom is -0.344 e. The highest BCUT2D eigenvalue weighted by Gasteiger charge is 1.93. The number of hydrogen-bond acceptors (Lipinski definition) is 5. The van der Waals surface area contributed by atoms with Crippen molar-refractivity contribution in [2.24, 2.45) is 0 Å². The fourth-order valence-electron chi connectivity index (χ4n) is 0. The topological polar surface area (TPSA) is 134 Å². The molecule has 0 aromatic rings. The summed E-state index contributed by atoms with van der Waals surface area (Å²) in [6, 6.07) is 0. The van der Waals surface area contributed by atoms with Crippen LogP contribution in [0.1, 0.15) is 0 Å². The quantitative estimate of drug-likeness (QED) is 0.437. The Balaban J connectivity index is -0.000000125. The van der Waals surface area contributed by atoms with E-state index in [4.69, 9.17) is 4.55 Å². The predicted molar refractivity (Wildman–Crippen MR) is 28.6 cm³/mol. The van der Waals surface area contributed by atoms with Gasteiger partial charge in [-0.3, -0.25) is 8.74 Å². The fraction of sp³-hybridized carbons (Fsp3) is 1.00. The van der Waals surface area contributed by atoms with Crippen LogP contribution in [-0.4, -0.2) is 20.1 Å². The van der Waals surface area contributed by atoms with Gasteiger partial charge in [0.2, 0.25) is 0 Å². The molecule has 0 bridgehead atoms. The summed E-state index contributed by atoms with van der Waals surface area (Å²) in [7, 11) is -3.29. The van der Waals surface area contributed by atoms with Crippen LogP contribution in [0.3, 0.4) is 0 Å². The van der Waals surface area contributed by atoms with Crippen molar-refractivity contribution in [2.75, 3.05) is 7.11 Å². The molecule has 0 saturated carbocycles. The van der Waals surface area contributed by atoms with Gasteiger partial charge in [-0.15, -0.1) is 0 Å². The lowest BCUT2D eigenvalue weighted by molar-refractivity contribution is 0.324. The zero-order valence-corrected chi connectivity index (χ0v) is 5.31. The van der Waals surface area contributed by atoms with Crippen molar-refractivity contribution in [2.45, 2.75) is 0 Å². The fourth-order valence-corrected chi connectivity index (χ4v) is 0. The average Bonchev–Trinajstić information content (AvgIpc) is 1.35. The van der Waals surface area contributed by atoms with Gasteiger partial charge in [0, 0.05) is 0 Å². The van der Waals surface area contributed by atoms with E-state index in [2.05, 4.69) is 4.18 Å². The molecule has 0 aromatic carbocycles. The third-order valence-corrected chi connectivity index (χ3v) is 0.632. The second-order valence-electron chi connectivity index (χ2n) is 0.594. The highest BCUT2D eigenvalue weighted by molar-refractivity contribution is 7.80. The van der Waals surface area contributed by atoms with E-state index < -0.39 is 10.4 Å². The van der Waals surface area contributed by atoms with E-state index in [0.29, 0.717) is 0 Å². The van der Waals surface area contributed by atoms with Crippen molar-refractivity contribution >= 4 is 10.4 Å². The Hall–Kier alpha value is -0.210. The zero-order valence-electron chi connectivity index (χ0n) is 4.49. The first kappa shape index (κ1) is 15.7. The van der Waals surface area contributed by atoms with E-state index in [9.17, 15) is 8.42 Å². The van der Waals surface area contributed by atoms with Crippen LogP contribution in [-0.2, 0) is 14.6 Å². The SMILES string of the molecule is COS(=O)(=O)O.N.N. The van der Waals surface area contributed by atoms with Crippen LogP contribution in [0.5, 0.6) is 0 Å². The van der Waals surface area contributed by atoms with Gasteiger partial charge in [-0.1, -0.05) is 0 Å². The van der Waals surface area contributed by atoms with Gasteiger partial charge in [-0.2, -0.15) is 8.42 Å². The molecule has 8 heavy (non-hydrogen) atoms. The van der Waals surface area contributed by atoms with Gasteiger partial charge in [-0.25, -0.2) is 0 Å². The lowest BCUT2D eigenvalue weighted by Crippen LogP contribution is -1.96. The van der Waals surface area contributed by atoms with Crippen molar-refractivity contribution in [1.29, 1.82) is 0 Å². The lowest BCUT2D eigenvalue weighted by atomic mass is 11.8. The molecule has 0 aliphatic carbocycles. The Morgan fingerprint density at radius 2 is 1.50 bits per heavy atom. The summed E-state index contributed by atoms with van der Waals surface area (Å²) in [6.07, 6.45) is 0. The predicted octanol–water partition coefficient (Wildman–Crippen LogP) is -0.240. The first-order chi connectivity index (χ1) is 2.56. The summed E-state index contributed by atoms with van der Waals surface area (Å²) in [6.45, 7) is 0. The summed E-state index contributed by atoms with van der Waals surface area (Å²) >= 11 is 0. The molecule has 0 unspecified atom stereocenters.